The average Bonchev–Trinajstić information content (AvgIpc) is 3.03. The fourth-order valence-corrected chi connectivity index (χ4v) is 4.06. The summed E-state index contributed by atoms with van der Waals surface area (Å²) in [5, 5.41) is 16.2. The van der Waals surface area contributed by atoms with Crippen molar-refractivity contribution in [2.24, 2.45) is 5.92 Å². The van der Waals surface area contributed by atoms with E-state index in [0.29, 0.717) is 49.9 Å². The van der Waals surface area contributed by atoms with Crippen molar-refractivity contribution in [3.05, 3.63) is 35.3 Å². The Kier molecular flexibility index (Phi) is 7.83. The molecule has 0 unspecified atom stereocenters. The molecule has 0 spiro atoms. The van der Waals surface area contributed by atoms with E-state index in [1.807, 2.05) is 30.7 Å². The van der Waals surface area contributed by atoms with Gasteiger partial charge in [0, 0.05) is 18.3 Å². The first kappa shape index (κ1) is 21.8. The number of carbonyl (C=O) groups excluding carboxylic acids is 1. The smallest absolute Gasteiger partial charge is 0.225 e. The summed E-state index contributed by atoms with van der Waals surface area (Å²) in [4.78, 5) is 16.9. The predicted octanol–water partition coefficient (Wildman–Crippen LogP) is 4.34. The van der Waals surface area contributed by atoms with Gasteiger partial charge in [-0.25, -0.2) is 4.98 Å². The molecule has 1 fully saturated rings. The van der Waals surface area contributed by atoms with E-state index < -0.39 is 0 Å². The van der Waals surface area contributed by atoms with E-state index in [4.69, 9.17) is 10.00 Å². The van der Waals surface area contributed by atoms with Crippen molar-refractivity contribution < 1.29 is 9.53 Å². The number of aromatic nitrogens is 3. The summed E-state index contributed by atoms with van der Waals surface area (Å²) in [5.41, 5.74) is 3.00. The lowest BCUT2D eigenvalue weighted by Crippen LogP contribution is -2.18. The third-order valence-corrected chi connectivity index (χ3v) is 5.80. The topological polar surface area (TPSA) is 92.8 Å². The Bertz CT molecular complexity index is 893. The van der Waals surface area contributed by atoms with Crippen molar-refractivity contribution in [1.82, 2.24) is 14.8 Å². The molecule has 30 heavy (non-hydrogen) atoms. The standard InChI is InChI=1S/C23H31N5O2/c1-17-20(18(2)28(27-17)15-7-13-24)11-12-22(29)26-23-21(10-6-14-25-23)30-16-19-8-4-3-5-9-19/h6,10,14,19H,3-5,7-9,11-12,15-16H2,1-2H3,(H,25,26,29). The molecule has 0 bridgehead atoms. The second-order valence-corrected chi connectivity index (χ2v) is 7.99. The minimum Gasteiger partial charge on any atom is -0.489 e. The van der Waals surface area contributed by atoms with Crippen LogP contribution in [0.25, 0.3) is 0 Å². The molecule has 0 atom stereocenters. The van der Waals surface area contributed by atoms with Crippen LogP contribution in [0.5, 0.6) is 5.75 Å². The van der Waals surface area contributed by atoms with E-state index in [1.54, 1.807) is 6.20 Å². The molecule has 7 nitrogen and oxygen atoms in total. The number of anilines is 1. The van der Waals surface area contributed by atoms with Crippen LogP contribution in [-0.4, -0.2) is 27.3 Å². The van der Waals surface area contributed by atoms with Crippen molar-refractivity contribution in [3.63, 3.8) is 0 Å². The first-order chi connectivity index (χ1) is 14.6. The molecular weight excluding hydrogens is 378 g/mol. The van der Waals surface area contributed by atoms with Gasteiger partial charge >= 0.3 is 0 Å². The van der Waals surface area contributed by atoms with Crippen molar-refractivity contribution in [1.29, 1.82) is 5.26 Å². The maximum Gasteiger partial charge on any atom is 0.225 e. The Labute approximate surface area is 178 Å². The highest BCUT2D eigenvalue weighted by molar-refractivity contribution is 5.91. The zero-order chi connectivity index (χ0) is 21.3. The number of nitrogens with zero attached hydrogens (tertiary/aromatic N) is 4. The van der Waals surface area contributed by atoms with Crippen LogP contribution in [0.4, 0.5) is 5.82 Å². The number of nitrogens with one attached hydrogen (secondary N) is 1. The molecule has 1 N–H and O–H groups in total. The molecular formula is C23H31N5O2. The average molecular weight is 410 g/mol. The van der Waals surface area contributed by atoms with Crippen LogP contribution in [-0.2, 0) is 17.8 Å². The van der Waals surface area contributed by atoms with Crippen LogP contribution >= 0.6 is 0 Å². The summed E-state index contributed by atoms with van der Waals surface area (Å²) in [5.74, 6) is 1.61. The van der Waals surface area contributed by atoms with E-state index in [1.165, 1.54) is 32.1 Å². The van der Waals surface area contributed by atoms with Crippen LogP contribution < -0.4 is 10.1 Å². The highest BCUT2D eigenvalue weighted by atomic mass is 16.5. The summed E-state index contributed by atoms with van der Waals surface area (Å²) < 4.78 is 7.85. The van der Waals surface area contributed by atoms with Gasteiger partial charge in [-0.15, -0.1) is 0 Å². The third kappa shape index (κ3) is 5.82. The molecule has 1 saturated carbocycles. The highest BCUT2D eigenvalue weighted by Crippen LogP contribution is 2.27. The number of nitriles is 1. The van der Waals surface area contributed by atoms with Gasteiger partial charge in [0.25, 0.3) is 0 Å². The summed E-state index contributed by atoms with van der Waals surface area (Å²) in [7, 11) is 0. The van der Waals surface area contributed by atoms with Gasteiger partial charge in [-0.3, -0.25) is 9.48 Å². The molecule has 1 amide bonds. The zero-order valence-corrected chi connectivity index (χ0v) is 18.0. The summed E-state index contributed by atoms with van der Waals surface area (Å²) in [6.45, 7) is 5.18. The number of hydrogen-bond donors (Lipinski definition) is 1. The van der Waals surface area contributed by atoms with Crippen molar-refractivity contribution in [2.45, 2.75) is 71.8 Å². The van der Waals surface area contributed by atoms with Crippen molar-refractivity contribution in [2.75, 3.05) is 11.9 Å². The van der Waals surface area contributed by atoms with Crippen LogP contribution in [0.1, 0.15) is 61.9 Å². The highest BCUT2D eigenvalue weighted by Gasteiger charge is 2.17. The van der Waals surface area contributed by atoms with Crippen molar-refractivity contribution >= 4 is 11.7 Å². The van der Waals surface area contributed by atoms with Gasteiger partial charge < -0.3 is 10.1 Å². The SMILES string of the molecule is Cc1nn(CCC#N)c(C)c1CCC(=O)Nc1ncccc1OCC1CCCCC1. The van der Waals surface area contributed by atoms with Gasteiger partial charge in [0.05, 0.1) is 31.3 Å². The first-order valence-electron chi connectivity index (χ1n) is 10.9. The predicted molar refractivity (Wildman–Crippen MR) is 115 cm³/mol. The minimum atomic E-state index is -0.0974. The Balaban J connectivity index is 1.55. The van der Waals surface area contributed by atoms with Crippen LogP contribution in [0.2, 0.25) is 0 Å². The number of hydrogen-bond acceptors (Lipinski definition) is 5. The zero-order valence-electron chi connectivity index (χ0n) is 18.0. The number of ether oxygens (including phenoxy) is 1. The second-order valence-electron chi connectivity index (χ2n) is 7.99. The number of pyridine rings is 1. The fourth-order valence-electron chi connectivity index (χ4n) is 4.06. The molecule has 7 heteroatoms. The normalized spacial score (nSPS) is 14.3. The fraction of sp³-hybridized carbons (Fsp3) is 0.565. The molecule has 2 aromatic heterocycles. The van der Waals surface area contributed by atoms with E-state index in [0.717, 1.165) is 17.0 Å². The van der Waals surface area contributed by atoms with Gasteiger partial charge in [-0.1, -0.05) is 19.3 Å². The number of amides is 1. The van der Waals surface area contributed by atoms with E-state index >= 15 is 0 Å². The lowest BCUT2D eigenvalue weighted by molar-refractivity contribution is -0.116. The lowest BCUT2D eigenvalue weighted by Gasteiger charge is -2.22. The molecule has 1 aliphatic rings. The van der Waals surface area contributed by atoms with Gasteiger partial charge in [-0.2, -0.15) is 10.4 Å². The monoisotopic (exact) mass is 409 g/mol. The number of aryl methyl sites for hydroxylation is 2. The van der Waals surface area contributed by atoms with Gasteiger partial charge in [0.2, 0.25) is 5.91 Å². The lowest BCUT2D eigenvalue weighted by atomic mass is 9.90. The Morgan fingerprint density at radius 3 is 2.90 bits per heavy atom. The first-order valence-corrected chi connectivity index (χ1v) is 10.9. The summed E-state index contributed by atoms with van der Waals surface area (Å²) >= 11 is 0. The van der Waals surface area contributed by atoms with Gasteiger partial charge in [-0.05, 0) is 56.7 Å². The maximum absolute atomic E-state index is 12.6. The van der Waals surface area contributed by atoms with Gasteiger partial charge in [0.15, 0.2) is 11.6 Å². The molecule has 1 aliphatic carbocycles. The van der Waals surface area contributed by atoms with E-state index in [2.05, 4.69) is 21.5 Å². The molecule has 0 radical (unpaired) electrons. The quantitative estimate of drug-likeness (QED) is 0.665. The van der Waals surface area contributed by atoms with Crippen LogP contribution in [0.15, 0.2) is 18.3 Å². The van der Waals surface area contributed by atoms with Gasteiger partial charge in [0.1, 0.15) is 0 Å². The Morgan fingerprint density at radius 2 is 2.13 bits per heavy atom. The number of carbonyl (C=O) groups is 1. The molecule has 160 valence electrons. The van der Waals surface area contributed by atoms with Crippen LogP contribution in [0.3, 0.4) is 0 Å². The maximum atomic E-state index is 12.6. The Hall–Kier alpha value is -2.88. The van der Waals surface area contributed by atoms with E-state index in [-0.39, 0.29) is 5.91 Å². The molecule has 2 aromatic rings. The second kappa shape index (κ2) is 10.8. The summed E-state index contributed by atoms with van der Waals surface area (Å²) in [6, 6.07) is 5.83. The molecule has 0 saturated heterocycles. The third-order valence-electron chi connectivity index (χ3n) is 5.80. The molecule has 0 aliphatic heterocycles. The molecule has 2 heterocycles. The molecule has 3 rings (SSSR count). The largest absolute Gasteiger partial charge is 0.489 e. The minimum absolute atomic E-state index is 0.0974. The Morgan fingerprint density at radius 1 is 1.33 bits per heavy atom. The van der Waals surface area contributed by atoms with Crippen LogP contribution in [0, 0.1) is 31.1 Å². The summed E-state index contributed by atoms with van der Waals surface area (Å²) in [6.07, 6.45) is 9.31. The molecule has 0 aromatic carbocycles. The van der Waals surface area contributed by atoms with E-state index in [9.17, 15) is 4.79 Å². The number of rotatable bonds is 9. The van der Waals surface area contributed by atoms with Crippen molar-refractivity contribution in [3.8, 4) is 11.8 Å².